The van der Waals surface area contributed by atoms with Crippen molar-refractivity contribution in [1.29, 1.82) is 0 Å². The SMILES string of the molecule is O=C1NC(=O)C(=Cc2cc3cncc(-c4ccc5c(c4)COCO5)c3o2)S1. The fourth-order valence-corrected chi connectivity index (χ4v) is 3.73. The molecule has 0 saturated carbocycles. The van der Waals surface area contributed by atoms with Crippen LogP contribution in [0.25, 0.3) is 28.2 Å². The molecule has 0 aliphatic carbocycles. The van der Waals surface area contributed by atoms with E-state index in [0.29, 0.717) is 22.9 Å². The third-order valence-corrected chi connectivity index (χ3v) is 5.09. The molecule has 3 aromatic rings. The van der Waals surface area contributed by atoms with Crippen LogP contribution in [0.5, 0.6) is 5.75 Å². The van der Waals surface area contributed by atoms with Gasteiger partial charge in [-0.1, -0.05) is 6.07 Å². The molecule has 1 saturated heterocycles. The molecule has 0 atom stereocenters. The van der Waals surface area contributed by atoms with E-state index in [9.17, 15) is 9.59 Å². The monoisotopic (exact) mass is 380 g/mol. The van der Waals surface area contributed by atoms with Crippen LogP contribution < -0.4 is 10.1 Å². The molecule has 8 heteroatoms. The van der Waals surface area contributed by atoms with Crippen LogP contribution in [0.15, 0.2) is 46.0 Å². The maximum Gasteiger partial charge on any atom is 0.290 e. The van der Waals surface area contributed by atoms with E-state index >= 15 is 0 Å². The van der Waals surface area contributed by atoms with Crippen LogP contribution in [0, 0.1) is 0 Å². The number of pyridine rings is 1. The van der Waals surface area contributed by atoms with Crippen LogP contribution >= 0.6 is 11.8 Å². The molecule has 0 unspecified atom stereocenters. The minimum Gasteiger partial charge on any atom is -0.467 e. The normalized spacial score (nSPS) is 17.9. The second-order valence-electron chi connectivity index (χ2n) is 6.04. The molecular formula is C19H12N2O5S. The van der Waals surface area contributed by atoms with Crippen molar-refractivity contribution < 1.29 is 23.5 Å². The van der Waals surface area contributed by atoms with Crippen molar-refractivity contribution in [2.45, 2.75) is 6.61 Å². The van der Waals surface area contributed by atoms with Gasteiger partial charge in [-0.2, -0.15) is 0 Å². The summed E-state index contributed by atoms with van der Waals surface area (Å²) in [6.07, 6.45) is 4.99. The van der Waals surface area contributed by atoms with Crippen molar-refractivity contribution in [3.63, 3.8) is 0 Å². The minimum absolute atomic E-state index is 0.258. The first-order valence-corrected chi connectivity index (χ1v) is 8.95. The third kappa shape index (κ3) is 2.88. The Morgan fingerprint density at radius 2 is 2.11 bits per heavy atom. The number of carbonyl (C=O) groups excluding carboxylic acids is 2. The Hall–Kier alpha value is -3.10. The van der Waals surface area contributed by atoms with Gasteiger partial charge in [-0.25, -0.2) is 0 Å². The molecule has 134 valence electrons. The minimum atomic E-state index is -0.418. The first-order chi connectivity index (χ1) is 13.2. The van der Waals surface area contributed by atoms with Crippen molar-refractivity contribution >= 4 is 40.0 Å². The summed E-state index contributed by atoms with van der Waals surface area (Å²) in [5.74, 6) is 0.874. The maximum absolute atomic E-state index is 11.7. The number of benzene rings is 1. The molecule has 0 radical (unpaired) electrons. The van der Waals surface area contributed by atoms with Crippen molar-refractivity contribution in [2.24, 2.45) is 0 Å². The zero-order valence-electron chi connectivity index (χ0n) is 13.9. The molecule has 4 heterocycles. The summed E-state index contributed by atoms with van der Waals surface area (Å²) >= 11 is 0.853. The van der Waals surface area contributed by atoms with E-state index < -0.39 is 5.91 Å². The summed E-state index contributed by atoms with van der Waals surface area (Å²) in [5.41, 5.74) is 3.37. The van der Waals surface area contributed by atoms with Gasteiger partial charge < -0.3 is 13.9 Å². The highest BCUT2D eigenvalue weighted by Crippen LogP contribution is 2.35. The molecule has 2 amide bonds. The van der Waals surface area contributed by atoms with Crippen LogP contribution in [-0.4, -0.2) is 22.9 Å². The van der Waals surface area contributed by atoms with Gasteiger partial charge in [0, 0.05) is 35.0 Å². The number of hydrogen-bond acceptors (Lipinski definition) is 7. The van der Waals surface area contributed by atoms with E-state index in [-0.39, 0.29) is 12.0 Å². The number of nitrogens with zero attached hydrogens (tertiary/aromatic N) is 1. The molecule has 0 spiro atoms. The standard InChI is InChI=1S/C19H12N2O5S/c22-18-16(27-19(23)21-18)5-13-4-11-6-20-7-14(17(11)26-13)10-1-2-15-12(3-10)8-24-9-25-15/h1-7H,8-9H2,(H,21,22,23). The molecule has 1 aromatic carbocycles. The number of furan rings is 1. The zero-order valence-corrected chi connectivity index (χ0v) is 14.7. The molecule has 27 heavy (non-hydrogen) atoms. The number of carbonyl (C=O) groups is 2. The number of thioether (sulfide) groups is 1. The molecule has 2 aromatic heterocycles. The van der Waals surface area contributed by atoms with E-state index in [4.69, 9.17) is 13.9 Å². The summed E-state index contributed by atoms with van der Waals surface area (Å²) in [6.45, 7) is 0.746. The van der Waals surface area contributed by atoms with Crippen LogP contribution in [0.3, 0.4) is 0 Å². The Morgan fingerprint density at radius 3 is 2.96 bits per heavy atom. The highest BCUT2D eigenvalue weighted by molar-refractivity contribution is 8.18. The number of rotatable bonds is 2. The van der Waals surface area contributed by atoms with Crippen LogP contribution in [0.4, 0.5) is 4.79 Å². The number of aromatic nitrogens is 1. The summed E-state index contributed by atoms with van der Waals surface area (Å²) in [4.78, 5) is 27.6. The second kappa shape index (κ2) is 6.26. The molecule has 0 bridgehead atoms. The lowest BCUT2D eigenvalue weighted by Crippen LogP contribution is -2.17. The fourth-order valence-electron chi connectivity index (χ4n) is 3.07. The van der Waals surface area contributed by atoms with Gasteiger partial charge in [0.1, 0.15) is 17.1 Å². The average molecular weight is 380 g/mol. The first-order valence-electron chi connectivity index (χ1n) is 8.13. The Bertz CT molecular complexity index is 1130. The number of hydrogen-bond donors (Lipinski definition) is 1. The van der Waals surface area contributed by atoms with Gasteiger partial charge in [-0.15, -0.1) is 0 Å². The van der Waals surface area contributed by atoms with Crippen molar-refractivity contribution in [2.75, 3.05) is 6.79 Å². The van der Waals surface area contributed by atoms with Crippen molar-refractivity contribution in [3.05, 3.63) is 52.9 Å². The quantitative estimate of drug-likeness (QED) is 0.678. The number of nitrogens with one attached hydrogen (secondary N) is 1. The summed E-state index contributed by atoms with van der Waals surface area (Å²) < 4.78 is 16.8. The highest BCUT2D eigenvalue weighted by atomic mass is 32.2. The fraction of sp³-hybridized carbons (Fsp3) is 0.105. The molecule has 2 aliphatic rings. The van der Waals surface area contributed by atoms with Crippen LogP contribution in [0.1, 0.15) is 11.3 Å². The second-order valence-corrected chi connectivity index (χ2v) is 7.05. The number of ether oxygens (including phenoxy) is 2. The van der Waals surface area contributed by atoms with Crippen molar-refractivity contribution in [3.8, 4) is 16.9 Å². The van der Waals surface area contributed by atoms with E-state index in [1.54, 1.807) is 24.5 Å². The summed E-state index contributed by atoms with van der Waals surface area (Å²) in [6, 6.07) is 7.63. The molecule has 2 aliphatic heterocycles. The van der Waals surface area contributed by atoms with Crippen molar-refractivity contribution in [1.82, 2.24) is 10.3 Å². The third-order valence-electron chi connectivity index (χ3n) is 4.28. The van der Waals surface area contributed by atoms with Gasteiger partial charge in [-0.05, 0) is 35.5 Å². The first kappa shape index (κ1) is 16.1. The molecular weight excluding hydrogens is 368 g/mol. The topological polar surface area (TPSA) is 90.7 Å². The number of fused-ring (bicyclic) bond motifs is 2. The van der Waals surface area contributed by atoms with Gasteiger partial charge in [0.25, 0.3) is 11.1 Å². The summed E-state index contributed by atoms with van der Waals surface area (Å²) in [7, 11) is 0. The molecule has 1 fully saturated rings. The van der Waals surface area contributed by atoms with Crippen LogP contribution in [0.2, 0.25) is 0 Å². The Kier molecular flexibility index (Phi) is 3.73. The molecule has 5 rings (SSSR count). The average Bonchev–Trinajstić information content (AvgIpc) is 3.23. The summed E-state index contributed by atoms with van der Waals surface area (Å²) in [5, 5.41) is 2.65. The van der Waals surface area contributed by atoms with Gasteiger partial charge >= 0.3 is 0 Å². The van der Waals surface area contributed by atoms with E-state index in [1.807, 2.05) is 18.2 Å². The predicted molar refractivity (Wildman–Crippen MR) is 98.8 cm³/mol. The van der Waals surface area contributed by atoms with Gasteiger partial charge in [-0.3, -0.25) is 19.9 Å². The highest BCUT2D eigenvalue weighted by Gasteiger charge is 2.25. The van der Waals surface area contributed by atoms with Gasteiger partial charge in [0.15, 0.2) is 6.79 Å². The Balaban J connectivity index is 1.58. The zero-order chi connectivity index (χ0) is 18.4. The Labute approximate surface area is 157 Å². The lowest BCUT2D eigenvalue weighted by atomic mass is 10.0. The van der Waals surface area contributed by atoms with E-state index in [1.165, 1.54) is 0 Å². The van der Waals surface area contributed by atoms with E-state index in [2.05, 4.69) is 10.3 Å². The van der Waals surface area contributed by atoms with E-state index in [0.717, 1.165) is 39.6 Å². The number of imide groups is 1. The predicted octanol–water partition coefficient (Wildman–Crippen LogP) is 3.69. The maximum atomic E-state index is 11.7. The largest absolute Gasteiger partial charge is 0.467 e. The Morgan fingerprint density at radius 1 is 1.19 bits per heavy atom. The van der Waals surface area contributed by atoms with Gasteiger partial charge in [0.05, 0.1) is 11.5 Å². The lowest BCUT2D eigenvalue weighted by Gasteiger charge is -2.18. The van der Waals surface area contributed by atoms with Crippen LogP contribution in [-0.2, 0) is 16.1 Å². The van der Waals surface area contributed by atoms with Gasteiger partial charge in [0.2, 0.25) is 0 Å². The number of amides is 2. The molecule has 7 nitrogen and oxygen atoms in total. The lowest BCUT2D eigenvalue weighted by molar-refractivity contribution is -0.115. The molecule has 1 N–H and O–H groups in total. The smallest absolute Gasteiger partial charge is 0.290 e.